The van der Waals surface area contributed by atoms with E-state index in [1.165, 1.54) is 0 Å². The third kappa shape index (κ3) is 13.8. The predicted octanol–water partition coefficient (Wildman–Crippen LogP) is 3.20. The number of hydrogen-bond donors (Lipinski definition) is 3. The van der Waals surface area contributed by atoms with Crippen molar-refractivity contribution < 1.29 is 19.4 Å². The van der Waals surface area contributed by atoms with Crippen LogP contribution in [-0.2, 0) is 14.3 Å². The summed E-state index contributed by atoms with van der Waals surface area (Å²) in [6.45, 7) is 13.6. The number of carboxylic acid groups (broad SMARTS) is 1. The standard InChI is InChI=1S/C12H22N2O3.C5H12O.C2H6/c1-2-14-10-3-5-12(6-4-10,7-11(16)17)8-13-9-15;1-5(2,3)6-4;1-2/h9-10,14H,2-8H2,1H3,(H,13,15)(H,16,17);1-4H3;1-2H3. The van der Waals surface area contributed by atoms with E-state index in [9.17, 15) is 9.59 Å². The molecule has 1 rings (SSSR count). The van der Waals surface area contributed by atoms with Gasteiger partial charge in [0.25, 0.3) is 0 Å². The average molecular weight is 361 g/mol. The van der Waals surface area contributed by atoms with E-state index >= 15 is 0 Å². The maximum absolute atomic E-state index is 10.9. The lowest BCUT2D eigenvalue weighted by Gasteiger charge is -2.39. The summed E-state index contributed by atoms with van der Waals surface area (Å²) in [7, 11) is 1.71. The third-order valence-corrected chi connectivity index (χ3v) is 4.24. The van der Waals surface area contributed by atoms with Gasteiger partial charge in [-0.1, -0.05) is 20.8 Å². The van der Waals surface area contributed by atoms with Crippen molar-refractivity contribution >= 4 is 12.4 Å². The van der Waals surface area contributed by atoms with Crippen LogP contribution >= 0.6 is 0 Å². The number of nitrogens with one attached hydrogen (secondary N) is 2. The smallest absolute Gasteiger partial charge is 0.303 e. The lowest BCUT2D eigenvalue weighted by Crippen LogP contribution is -2.43. The van der Waals surface area contributed by atoms with Gasteiger partial charge >= 0.3 is 5.97 Å². The molecule has 0 unspecified atom stereocenters. The summed E-state index contributed by atoms with van der Waals surface area (Å²) in [6, 6.07) is 0.498. The highest BCUT2D eigenvalue weighted by molar-refractivity contribution is 5.67. The van der Waals surface area contributed by atoms with E-state index in [2.05, 4.69) is 17.6 Å². The van der Waals surface area contributed by atoms with Crippen molar-refractivity contribution in [1.82, 2.24) is 10.6 Å². The molecule has 25 heavy (non-hydrogen) atoms. The topological polar surface area (TPSA) is 87.7 Å². The predicted molar refractivity (Wildman–Crippen MR) is 103 cm³/mol. The number of carboxylic acids is 1. The van der Waals surface area contributed by atoms with Crippen molar-refractivity contribution in [2.45, 2.75) is 85.3 Å². The Morgan fingerprint density at radius 1 is 1.28 bits per heavy atom. The van der Waals surface area contributed by atoms with Crippen LogP contribution in [-0.4, -0.2) is 49.3 Å². The van der Waals surface area contributed by atoms with E-state index < -0.39 is 5.97 Å². The molecule has 3 N–H and O–H groups in total. The molecule has 1 aliphatic carbocycles. The van der Waals surface area contributed by atoms with Crippen molar-refractivity contribution in [3.05, 3.63) is 0 Å². The molecule has 0 bridgehead atoms. The lowest BCUT2D eigenvalue weighted by molar-refractivity contribution is -0.140. The van der Waals surface area contributed by atoms with Crippen LogP contribution in [0.1, 0.15) is 73.6 Å². The van der Waals surface area contributed by atoms with Crippen molar-refractivity contribution in [2.75, 3.05) is 20.2 Å². The SMILES string of the molecule is CC.CCNC1CCC(CNC=O)(CC(=O)O)CC1.COC(C)(C)C. The van der Waals surface area contributed by atoms with E-state index in [0.717, 1.165) is 32.2 Å². The highest BCUT2D eigenvalue weighted by Crippen LogP contribution is 2.38. The first kappa shape index (κ1) is 26.1. The van der Waals surface area contributed by atoms with Gasteiger partial charge in [0, 0.05) is 19.7 Å². The fourth-order valence-electron chi connectivity index (χ4n) is 2.72. The van der Waals surface area contributed by atoms with Gasteiger partial charge < -0.3 is 20.5 Å². The number of carbonyl (C=O) groups is 2. The Labute approximate surface area is 154 Å². The second-order valence-corrected chi connectivity index (χ2v) is 7.22. The number of ether oxygens (including phenoxy) is 1. The lowest BCUT2D eigenvalue weighted by atomic mass is 9.70. The number of methoxy groups -OCH3 is 1. The summed E-state index contributed by atoms with van der Waals surface area (Å²) in [5.41, 5.74) is -0.210. The molecular formula is C19H40N2O4. The van der Waals surface area contributed by atoms with Gasteiger partial charge in [-0.3, -0.25) is 9.59 Å². The molecule has 0 saturated heterocycles. The molecule has 6 nitrogen and oxygen atoms in total. The van der Waals surface area contributed by atoms with Crippen molar-refractivity contribution in [1.29, 1.82) is 0 Å². The number of amides is 1. The fourth-order valence-corrected chi connectivity index (χ4v) is 2.72. The third-order valence-electron chi connectivity index (χ3n) is 4.24. The molecular weight excluding hydrogens is 320 g/mol. The van der Waals surface area contributed by atoms with Crippen molar-refractivity contribution in [2.24, 2.45) is 5.41 Å². The first-order valence-corrected chi connectivity index (χ1v) is 9.35. The van der Waals surface area contributed by atoms with Crippen LogP contribution in [0.5, 0.6) is 0 Å². The summed E-state index contributed by atoms with van der Waals surface area (Å²) in [6.07, 6.45) is 4.49. The first-order chi connectivity index (χ1) is 11.7. The Hall–Kier alpha value is -1.14. The number of carbonyl (C=O) groups excluding carboxylic acids is 1. The molecule has 0 aliphatic heterocycles. The van der Waals surface area contributed by atoms with Crippen LogP contribution < -0.4 is 10.6 Å². The molecule has 1 saturated carbocycles. The van der Waals surface area contributed by atoms with Gasteiger partial charge in [0.2, 0.25) is 6.41 Å². The van der Waals surface area contributed by atoms with Gasteiger partial charge in [-0.25, -0.2) is 0 Å². The summed E-state index contributed by atoms with van der Waals surface area (Å²) in [4.78, 5) is 21.3. The molecule has 0 heterocycles. The van der Waals surface area contributed by atoms with E-state index in [1.807, 2.05) is 34.6 Å². The highest BCUT2D eigenvalue weighted by Gasteiger charge is 2.36. The Bertz CT molecular complexity index is 346. The normalized spacial score (nSPS) is 22.6. The monoisotopic (exact) mass is 360 g/mol. The second-order valence-electron chi connectivity index (χ2n) is 7.22. The zero-order valence-corrected chi connectivity index (χ0v) is 17.3. The molecule has 0 radical (unpaired) electrons. The largest absolute Gasteiger partial charge is 0.481 e. The Morgan fingerprint density at radius 3 is 2.08 bits per heavy atom. The van der Waals surface area contributed by atoms with E-state index in [-0.39, 0.29) is 17.4 Å². The molecule has 0 atom stereocenters. The summed E-state index contributed by atoms with van der Waals surface area (Å²) >= 11 is 0. The van der Waals surface area contributed by atoms with Gasteiger partial charge in [-0.2, -0.15) is 0 Å². The molecule has 150 valence electrons. The summed E-state index contributed by atoms with van der Waals surface area (Å²) < 4.78 is 4.94. The Balaban J connectivity index is 0. The molecule has 6 heteroatoms. The van der Waals surface area contributed by atoms with Gasteiger partial charge in [0.1, 0.15) is 0 Å². The zero-order valence-electron chi connectivity index (χ0n) is 17.3. The molecule has 0 aromatic rings. The minimum atomic E-state index is -0.778. The average Bonchev–Trinajstić information content (AvgIpc) is 2.57. The van der Waals surface area contributed by atoms with Crippen LogP contribution in [0.2, 0.25) is 0 Å². The molecule has 1 aliphatic rings. The van der Waals surface area contributed by atoms with Crippen LogP contribution in [0.4, 0.5) is 0 Å². The Morgan fingerprint density at radius 2 is 1.76 bits per heavy atom. The minimum Gasteiger partial charge on any atom is -0.481 e. The first-order valence-electron chi connectivity index (χ1n) is 9.35. The van der Waals surface area contributed by atoms with E-state index in [1.54, 1.807) is 7.11 Å². The van der Waals surface area contributed by atoms with E-state index in [4.69, 9.17) is 9.84 Å². The maximum Gasteiger partial charge on any atom is 0.303 e. The number of rotatable bonds is 7. The second kappa shape index (κ2) is 14.1. The van der Waals surface area contributed by atoms with E-state index in [0.29, 0.717) is 19.0 Å². The molecule has 0 aromatic heterocycles. The zero-order chi connectivity index (χ0) is 19.9. The molecule has 0 aromatic carbocycles. The van der Waals surface area contributed by atoms with Crippen LogP contribution in [0.3, 0.4) is 0 Å². The highest BCUT2D eigenvalue weighted by atomic mass is 16.5. The minimum absolute atomic E-state index is 0.0417. The van der Waals surface area contributed by atoms with Gasteiger partial charge in [0.05, 0.1) is 12.0 Å². The molecule has 1 fully saturated rings. The van der Waals surface area contributed by atoms with Gasteiger partial charge in [-0.05, 0) is 58.4 Å². The quantitative estimate of drug-likeness (QED) is 0.607. The van der Waals surface area contributed by atoms with Crippen LogP contribution in [0.15, 0.2) is 0 Å². The molecule has 1 amide bonds. The summed E-state index contributed by atoms with van der Waals surface area (Å²) in [5, 5.41) is 15.0. The molecule has 0 spiro atoms. The fraction of sp³-hybridized carbons (Fsp3) is 0.895. The maximum atomic E-state index is 10.9. The van der Waals surface area contributed by atoms with Gasteiger partial charge in [-0.15, -0.1) is 0 Å². The van der Waals surface area contributed by atoms with Crippen LogP contribution in [0, 0.1) is 5.41 Å². The van der Waals surface area contributed by atoms with Gasteiger partial charge in [0.15, 0.2) is 0 Å². The van der Waals surface area contributed by atoms with Crippen LogP contribution in [0.25, 0.3) is 0 Å². The summed E-state index contributed by atoms with van der Waals surface area (Å²) in [5.74, 6) is -0.778. The number of aliphatic carboxylic acids is 1. The Kier molecular flexibility index (Phi) is 14.7. The van der Waals surface area contributed by atoms with Crippen molar-refractivity contribution in [3.63, 3.8) is 0 Å². The number of hydrogen-bond acceptors (Lipinski definition) is 4. The van der Waals surface area contributed by atoms with Crippen molar-refractivity contribution in [3.8, 4) is 0 Å².